The van der Waals surface area contributed by atoms with Gasteiger partial charge in [-0.2, -0.15) is 0 Å². The first kappa shape index (κ1) is 18.6. The van der Waals surface area contributed by atoms with Crippen LogP contribution in [0, 0.1) is 10.1 Å². The molecule has 1 aromatic carbocycles. The van der Waals surface area contributed by atoms with Gasteiger partial charge in [0, 0.05) is 23.7 Å². The number of aromatic nitrogens is 2. The fraction of sp³-hybridized carbons (Fsp3) is 0.111. The molecule has 11 heteroatoms. The lowest BCUT2D eigenvalue weighted by atomic mass is 10.2. The minimum absolute atomic E-state index is 0.0889. The number of non-ortho nitro benzene ring substituents is 1. The quantitative estimate of drug-likeness (QED) is 0.493. The number of carbonyl (C=O) groups excluding carboxylic acids is 2. The molecule has 0 spiro atoms. The highest BCUT2D eigenvalue weighted by atomic mass is 32.2. The summed E-state index contributed by atoms with van der Waals surface area (Å²) in [6, 6.07) is 10.6. The molecular weight excluding hydrogens is 398 g/mol. The molecule has 10 nitrogen and oxygen atoms in total. The number of hydrogen-bond acceptors (Lipinski definition) is 7. The molecule has 0 radical (unpaired) electrons. The summed E-state index contributed by atoms with van der Waals surface area (Å²) in [5.41, 5.74) is 2.37. The second-order valence-corrected chi connectivity index (χ2v) is 7.24. The van der Waals surface area contributed by atoms with Crippen molar-refractivity contribution >= 4 is 40.3 Å². The third-order valence-corrected chi connectivity index (χ3v) is 5.53. The number of hydrazine groups is 1. The van der Waals surface area contributed by atoms with Crippen molar-refractivity contribution in [1.82, 2.24) is 20.4 Å². The van der Waals surface area contributed by atoms with Gasteiger partial charge in [0.05, 0.1) is 10.7 Å². The van der Waals surface area contributed by atoms with Crippen LogP contribution < -0.4 is 11.0 Å². The second-order valence-electron chi connectivity index (χ2n) is 6.17. The van der Waals surface area contributed by atoms with Crippen LogP contribution in [-0.4, -0.2) is 37.5 Å². The highest BCUT2D eigenvalue weighted by Gasteiger charge is 2.35. The van der Waals surface area contributed by atoms with Crippen molar-refractivity contribution < 1.29 is 14.5 Å². The van der Waals surface area contributed by atoms with E-state index in [2.05, 4.69) is 15.4 Å². The van der Waals surface area contributed by atoms with Crippen LogP contribution in [0.3, 0.4) is 0 Å². The molecule has 1 atom stereocenters. The molecule has 4 rings (SSSR count). The number of pyridine rings is 2. The number of aromatic amines is 1. The Balaban J connectivity index is 1.63. The van der Waals surface area contributed by atoms with Gasteiger partial charge in [-0.05, 0) is 23.8 Å². The normalized spacial score (nSPS) is 16.2. The number of hydrogen-bond donors (Lipinski definition) is 2. The first-order chi connectivity index (χ1) is 13.9. The Bertz CT molecular complexity index is 1210. The topological polar surface area (TPSA) is 138 Å². The summed E-state index contributed by atoms with van der Waals surface area (Å²) in [5, 5.41) is 12.0. The van der Waals surface area contributed by atoms with E-state index < -0.39 is 21.8 Å². The number of nitro groups is 1. The number of carbonyl (C=O) groups is 2. The van der Waals surface area contributed by atoms with Crippen LogP contribution >= 0.6 is 11.8 Å². The largest absolute Gasteiger partial charge is 0.306 e. The lowest BCUT2D eigenvalue weighted by Crippen LogP contribution is -2.45. The third kappa shape index (κ3) is 3.55. The van der Waals surface area contributed by atoms with Gasteiger partial charge in [-0.1, -0.05) is 12.1 Å². The molecule has 3 aromatic rings. The summed E-state index contributed by atoms with van der Waals surface area (Å²) in [4.78, 5) is 54.3. The summed E-state index contributed by atoms with van der Waals surface area (Å²) in [6.45, 7) is 0. The Morgan fingerprint density at radius 1 is 1.28 bits per heavy atom. The molecule has 1 aliphatic rings. The number of benzene rings is 1. The van der Waals surface area contributed by atoms with E-state index in [4.69, 9.17) is 0 Å². The Kier molecular flexibility index (Phi) is 4.72. The molecule has 3 heterocycles. The maximum atomic E-state index is 12.7. The molecule has 1 saturated heterocycles. The zero-order valence-electron chi connectivity index (χ0n) is 14.7. The standard InChI is InChI=1S/C18H13N5O5S/c24-14-9-29-18(11-3-1-5-12(7-11)23(27)28)22(14)21-17(26)13-8-10-4-2-6-19-15(10)20-16(13)25/h1-8,18H,9H2,(H,21,26)(H,19,20,25). The van der Waals surface area contributed by atoms with E-state index in [-0.39, 0.29) is 22.9 Å². The number of fused-ring (bicyclic) bond motifs is 1. The van der Waals surface area contributed by atoms with Crippen molar-refractivity contribution in [2.45, 2.75) is 5.37 Å². The first-order valence-electron chi connectivity index (χ1n) is 8.41. The summed E-state index contributed by atoms with van der Waals surface area (Å²) in [5.74, 6) is -1.05. The van der Waals surface area contributed by atoms with E-state index in [1.54, 1.807) is 18.2 Å². The van der Waals surface area contributed by atoms with Gasteiger partial charge < -0.3 is 4.98 Å². The van der Waals surface area contributed by atoms with Crippen LogP contribution in [0.15, 0.2) is 53.5 Å². The molecule has 0 aliphatic carbocycles. The van der Waals surface area contributed by atoms with Gasteiger partial charge >= 0.3 is 0 Å². The molecule has 1 aliphatic heterocycles. The number of nitrogens with zero attached hydrogens (tertiary/aromatic N) is 3. The maximum absolute atomic E-state index is 12.7. The predicted octanol–water partition coefficient (Wildman–Crippen LogP) is 1.75. The van der Waals surface area contributed by atoms with Crippen LogP contribution in [-0.2, 0) is 4.79 Å². The summed E-state index contributed by atoms with van der Waals surface area (Å²) < 4.78 is 0. The first-order valence-corrected chi connectivity index (χ1v) is 9.46. The second kappa shape index (κ2) is 7.36. The highest BCUT2D eigenvalue weighted by molar-refractivity contribution is 8.00. The third-order valence-electron chi connectivity index (χ3n) is 4.32. The van der Waals surface area contributed by atoms with Crippen molar-refractivity contribution in [1.29, 1.82) is 0 Å². The highest BCUT2D eigenvalue weighted by Crippen LogP contribution is 2.38. The fourth-order valence-electron chi connectivity index (χ4n) is 2.96. The maximum Gasteiger partial charge on any atom is 0.275 e. The van der Waals surface area contributed by atoms with Gasteiger partial charge in [-0.15, -0.1) is 11.8 Å². The molecule has 29 heavy (non-hydrogen) atoms. The Labute approximate surface area is 167 Å². The Hall–Kier alpha value is -3.73. The zero-order chi connectivity index (χ0) is 20.5. The minimum Gasteiger partial charge on any atom is -0.306 e. The molecule has 1 fully saturated rings. The van der Waals surface area contributed by atoms with E-state index in [0.717, 1.165) is 5.01 Å². The number of amides is 2. The summed E-state index contributed by atoms with van der Waals surface area (Å²) in [7, 11) is 0. The average Bonchev–Trinajstić information content (AvgIpc) is 3.07. The van der Waals surface area contributed by atoms with Gasteiger partial charge in [-0.3, -0.25) is 29.9 Å². The van der Waals surface area contributed by atoms with Crippen molar-refractivity contribution in [2.75, 3.05) is 5.75 Å². The van der Waals surface area contributed by atoms with Crippen LogP contribution in [0.4, 0.5) is 5.69 Å². The van der Waals surface area contributed by atoms with E-state index >= 15 is 0 Å². The van der Waals surface area contributed by atoms with Gasteiger partial charge in [-0.25, -0.2) is 9.99 Å². The molecule has 0 bridgehead atoms. The number of rotatable bonds is 4. The zero-order valence-corrected chi connectivity index (χ0v) is 15.5. The molecule has 146 valence electrons. The Morgan fingerprint density at radius 2 is 2.10 bits per heavy atom. The van der Waals surface area contributed by atoms with Crippen LogP contribution in [0.1, 0.15) is 21.3 Å². The van der Waals surface area contributed by atoms with Crippen molar-refractivity contribution in [2.24, 2.45) is 0 Å². The minimum atomic E-state index is -0.761. The fourth-order valence-corrected chi connectivity index (χ4v) is 4.05. The van der Waals surface area contributed by atoms with Crippen molar-refractivity contribution in [3.05, 3.63) is 80.3 Å². The molecule has 2 N–H and O–H groups in total. The van der Waals surface area contributed by atoms with Crippen molar-refractivity contribution in [3.63, 3.8) is 0 Å². The van der Waals surface area contributed by atoms with E-state index in [9.17, 15) is 24.5 Å². The smallest absolute Gasteiger partial charge is 0.275 e. The molecule has 1 unspecified atom stereocenters. The van der Waals surface area contributed by atoms with Crippen LogP contribution in [0.2, 0.25) is 0 Å². The van der Waals surface area contributed by atoms with Crippen LogP contribution in [0.25, 0.3) is 11.0 Å². The predicted molar refractivity (Wildman–Crippen MR) is 105 cm³/mol. The number of nitro benzene ring substituents is 1. The van der Waals surface area contributed by atoms with E-state index in [0.29, 0.717) is 16.6 Å². The van der Waals surface area contributed by atoms with E-state index in [1.165, 1.54) is 42.2 Å². The molecule has 2 amide bonds. The van der Waals surface area contributed by atoms with Crippen LogP contribution in [0.5, 0.6) is 0 Å². The molecule has 0 saturated carbocycles. The lowest BCUT2D eigenvalue weighted by Gasteiger charge is -2.24. The summed E-state index contributed by atoms with van der Waals surface area (Å²) >= 11 is 1.22. The molecular formula is C18H13N5O5S. The molecule has 2 aromatic heterocycles. The van der Waals surface area contributed by atoms with E-state index in [1.807, 2.05) is 0 Å². The SMILES string of the molecule is O=C(NN1C(=O)CSC1c1cccc([N+](=O)[O-])c1)c1cc2cccnc2[nH]c1=O. The van der Waals surface area contributed by atoms with Gasteiger partial charge in [0.15, 0.2) is 0 Å². The van der Waals surface area contributed by atoms with Gasteiger partial charge in [0.1, 0.15) is 16.6 Å². The van der Waals surface area contributed by atoms with Gasteiger partial charge in [0.2, 0.25) is 0 Å². The Morgan fingerprint density at radius 3 is 2.90 bits per heavy atom. The number of thioether (sulfide) groups is 1. The summed E-state index contributed by atoms with van der Waals surface area (Å²) in [6.07, 6.45) is 1.52. The average molecular weight is 411 g/mol. The number of H-pyrrole nitrogens is 1. The lowest BCUT2D eigenvalue weighted by molar-refractivity contribution is -0.384. The van der Waals surface area contributed by atoms with Gasteiger partial charge in [0.25, 0.3) is 23.1 Å². The monoisotopic (exact) mass is 411 g/mol. The van der Waals surface area contributed by atoms with Crippen molar-refractivity contribution in [3.8, 4) is 0 Å². The number of nitrogens with one attached hydrogen (secondary N) is 2.